The predicted octanol–water partition coefficient (Wildman–Crippen LogP) is 3.66. The predicted molar refractivity (Wildman–Crippen MR) is 73.2 cm³/mol. The van der Waals surface area contributed by atoms with Crippen LogP contribution in [0.25, 0.3) is 0 Å². The lowest BCUT2D eigenvalue weighted by atomic mass is 10.1. The average Bonchev–Trinajstić information content (AvgIpc) is 2.36. The summed E-state index contributed by atoms with van der Waals surface area (Å²) in [4.78, 5) is 19.0. The minimum Gasteiger partial charge on any atom is -0.438 e. The molecular weight excluding hydrogens is 264 g/mol. The molecule has 0 N–H and O–H groups in total. The number of aryl methyl sites for hydroxylation is 3. The van der Waals surface area contributed by atoms with E-state index in [4.69, 9.17) is 16.3 Å². The van der Waals surface area contributed by atoms with Gasteiger partial charge < -0.3 is 4.74 Å². The fourth-order valence-electron chi connectivity index (χ4n) is 1.70. The zero-order valence-electron chi connectivity index (χ0n) is 10.9. The summed E-state index contributed by atoms with van der Waals surface area (Å²) in [6.45, 7) is 5.53. The van der Waals surface area contributed by atoms with Crippen molar-refractivity contribution in [2.45, 2.75) is 20.8 Å². The second kappa shape index (κ2) is 5.36. The molecule has 0 saturated heterocycles. The highest BCUT2D eigenvalue weighted by atomic mass is 35.5. The van der Waals surface area contributed by atoms with Gasteiger partial charge in [-0.1, -0.05) is 11.6 Å². The van der Waals surface area contributed by atoms with Gasteiger partial charge in [0.15, 0.2) is 6.29 Å². The van der Waals surface area contributed by atoms with E-state index in [1.807, 2.05) is 13.8 Å². The molecule has 98 valence electrons. The molecule has 1 aromatic carbocycles. The van der Waals surface area contributed by atoms with E-state index < -0.39 is 0 Å². The van der Waals surface area contributed by atoms with Crippen LogP contribution in [0.5, 0.6) is 11.6 Å². The number of hydrogen-bond acceptors (Lipinski definition) is 4. The van der Waals surface area contributed by atoms with Gasteiger partial charge in [-0.05, 0) is 44.0 Å². The fraction of sp³-hybridized carbons (Fsp3) is 0.214. The smallest absolute Gasteiger partial charge is 0.233 e. The Morgan fingerprint density at radius 3 is 2.42 bits per heavy atom. The first-order chi connectivity index (χ1) is 9.01. The topological polar surface area (TPSA) is 52.1 Å². The van der Waals surface area contributed by atoms with Crippen LogP contribution in [0.3, 0.4) is 0 Å². The van der Waals surface area contributed by atoms with Gasteiger partial charge in [0.25, 0.3) is 0 Å². The van der Waals surface area contributed by atoms with Gasteiger partial charge in [0.05, 0.1) is 5.56 Å². The molecule has 2 rings (SSSR count). The maximum atomic E-state index is 10.9. The van der Waals surface area contributed by atoms with Gasteiger partial charge in [0.2, 0.25) is 5.88 Å². The zero-order valence-corrected chi connectivity index (χ0v) is 11.7. The van der Waals surface area contributed by atoms with Gasteiger partial charge in [-0.15, -0.1) is 0 Å². The Labute approximate surface area is 116 Å². The van der Waals surface area contributed by atoms with Crippen LogP contribution in [0, 0.1) is 20.8 Å². The van der Waals surface area contributed by atoms with Crippen molar-refractivity contribution in [2.75, 3.05) is 0 Å². The Bertz CT molecular complexity index is 618. The molecule has 0 radical (unpaired) electrons. The molecule has 4 nitrogen and oxygen atoms in total. The molecule has 5 heteroatoms. The summed E-state index contributed by atoms with van der Waals surface area (Å²) in [5.41, 5.74) is 2.14. The quantitative estimate of drug-likeness (QED) is 0.803. The standard InChI is InChI=1S/C14H13ClN2O2/c1-8-4-12(5-9(2)13(8)15)19-14-11(7-18)6-16-10(3)17-14/h4-7H,1-3H3. The van der Waals surface area contributed by atoms with Crippen LogP contribution in [-0.2, 0) is 0 Å². The van der Waals surface area contributed by atoms with Crippen molar-refractivity contribution in [3.8, 4) is 11.6 Å². The number of rotatable bonds is 3. The van der Waals surface area contributed by atoms with E-state index in [0.29, 0.717) is 28.4 Å². The molecule has 0 amide bonds. The molecule has 0 unspecified atom stereocenters. The lowest BCUT2D eigenvalue weighted by Crippen LogP contribution is -1.98. The Morgan fingerprint density at radius 1 is 1.21 bits per heavy atom. The van der Waals surface area contributed by atoms with Crippen LogP contribution in [0.15, 0.2) is 18.3 Å². The van der Waals surface area contributed by atoms with Crippen LogP contribution >= 0.6 is 11.6 Å². The molecule has 0 aliphatic heterocycles. The first kappa shape index (κ1) is 13.5. The van der Waals surface area contributed by atoms with Crippen molar-refractivity contribution < 1.29 is 9.53 Å². The summed E-state index contributed by atoms with van der Waals surface area (Å²) in [6.07, 6.45) is 2.12. The Balaban J connectivity index is 2.41. The normalized spacial score (nSPS) is 10.3. The van der Waals surface area contributed by atoms with Crippen molar-refractivity contribution in [1.82, 2.24) is 9.97 Å². The van der Waals surface area contributed by atoms with Gasteiger partial charge in [-0.25, -0.2) is 4.98 Å². The van der Waals surface area contributed by atoms with E-state index in [1.165, 1.54) is 6.20 Å². The van der Waals surface area contributed by atoms with Crippen molar-refractivity contribution in [1.29, 1.82) is 0 Å². The Hall–Kier alpha value is -1.94. The fourth-order valence-corrected chi connectivity index (χ4v) is 1.81. The molecule has 0 fully saturated rings. The number of nitrogens with zero attached hydrogens (tertiary/aromatic N) is 2. The number of aromatic nitrogens is 2. The van der Waals surface area contributed by atoms with Crippen LogP contribution in [0.1, 0.15) is 27.3 Å². The largest absolute Gasteiger partial charge is 0.438 e. The molecule has 2 aromatic rings. The molecule has 1 heterocycles. The molecule has 19 heavy (non-hydrogen) atoms. The van der Waals surface area contributed by atoms with E-state index in [1.54, 1.807) is 19.1 Å². The summed E-state index contributed by atoms with van der Waals surface area (Å²) in [7, 11) is 0. The molecule has 0 bridgehead atoms. The number of carbonyl (C=O) groups is 1. The molecule has 1 aromatic heterocycles. The van der Waals surface area contributed by atoms with E-state index in [9.17, 15) is 4.79 Å². The summed E-state index contributed by atoms with van der Waals surface area (Å²) in [6, 6.07) is 3.61. The third-order valence-electron chi connectivity index (χ3n) is 2.65. The van der Waals surface area contributed by atoms with Crippen LogP contribution in [-0.4, -0.2) is 16.3 Å². The first-order valence-electron chi connectivity index (χ1n) is 5.74. The third kappa shape index (κ3) is 2.90. The number of benzene rings is 1. The summed E-state index contributed by atoms with van der Waals surface area (Å²) >= 11 is 6.10. The SMILES string of the molecule is Cc1ncc(C=O)c(Oc2cc(C)c(Cl)c(C)c2)n1. The van der Waals surface area contributed by atoms with Gasteiger partial charge in [0, 0.05) is 11.2 Å². The van der Waals surface area contributed by atoms with Gasteiger partial charge in [-0.2, -0.15) is 4.98 Å². The monoisotopic (exact) mass is 276 g/mol. The second-order valence-corrected chi connectivity index (χ2v) is 4.65. The van der Waals surface area contributed by atoms with Crippen molar-refractivity contribution in [3.05, 3.63) is 45.9 Å². The van der Waals surface area contributed by atoms with E-state index in [-0.39, 0.29) is 5.88 Å². The maximum Gasteiger partial charge on any atom is 0.233 e. The second-order valence-electron chi connectivity index (χ2n) is 4.27. The maximum absolute atomic E-state index is 10.9. The zero-order chi connectivity index (χ0) is 14.0. The van der Waals surface area contributed by atoms with E-state index in [0.717, 1.165) is 11.1 Å². The minimum absolute atomic E-state index is 0.253. The number of halogens is 1. The minimum atomic E-state index is 0.253. The lowest BCUT2D eigenvalue weighted by molar-refractivity contribution is 0.112. The molecule has 0 aliphatic rings. The number of carbonyl (C=O) groups excluding carboxylic acids is 1. The highest BCUT2D eigenvalue weighted by Gasteiger charge is 2.10. The number of hydrogen-bond donors (Lipinski definition) is 0. The van der Waals surface area contributed by atoms with E-state index >= 15 is 0 Å². The average molecular weight is 277 g/mol. The lowest BCUT2D eigenvalue weighted by Gasteiger charge is -2.10. The number of aldehydes is 1. The molecular formula is C14H13ClN2O2. The molecule has 0 aliphatic carbocycles. The Kier molecular flexibility index (Phi) is 3.81. The van der Waals surface area contributed by atoms with Gasteiger partial charge >= 0.3 is 0 Å². The molecule has 0 spiro atoms. The van der Waals surface area contributed by atoms with Crippen molar-refractivity contribution >= 4 is 17.9 Å². The van der Waals surface area contributed by atoms with Crippen molar-refractivity contribution in [3.63, 3.8) is 0 Å². The number of ether oxygens (including phenoxy) is 1. The Morgan fingerprint density at radius 2 is 1.84 bits per heavy atom. The highest BCUT2D eigenvalue weighted by Crippen LogP contribution is 2.29. The van der Waals surface area contributed by atoms with Crippen molar-refractivity contribution in [2.24, 2.45) is 0 Å². The van der Waals surface area contributed by atoms with Gasteiger partial charge in [0.1, 0.15) is 11.6 Å². The van der Waals surface area contributed by atoms with Crippen LogP contribution in [0.4, 0.5) is 0 Å². The van der Waals surface area contributed by atoms with Crippen LogP contribution in [0.2, 0.25) is 5.02 Å². The summed E-state index contributed by atoms with van der Waals surface area (Å²) in [5, 5.41) is 0.710. The van der Waals surface area contributed by atoms with E-state index in [2.05, 4.69) is 9.97 Å². The summed E-state index contributed by atoms with van der Waals surface area (Å²) < 4.78 is 5.66. The highest BCUT2D eigenvalue weighted by molar-refractivity contribution is 6.32. The molecule has 0 saturated carbocycles. The van der Waals surface area contributed by atoms with Crippen LogP contribution < -0.4 is 4.74 Å². The first-order valence-corrected chi connectivity index (χ1v) is 6.12. The summed E-state index contributed by atoms with van der Waals surface area (Å²) in [5.74, 6) is 1.40. The molecule has 0 atom stereocenters. The third-order valence-corrected chi connectivity index (χ3v) is 3.25. The van der Waals surface area contributed by atoms with Gasteiger partial charge in [-0.3, -0.25) is 4.79 Å².